The van der Waals surface area contributed by atoms with Crippen LogP contribution in [0.3, 0.4) is 0 Å². The number of carbonyl (C=O) groups is 1. The summed E-state index contributed by atoms with van der Waals surface area (Å²) in [7, 11) is 1.65. The fraction of sp³-hybridized carbons (Fsp3) is 0.562. The maximum atomic E-state index is 12.2. The van der Waals surface area contributed by atoms with Gasteiger partial charge in [-0.3, -0.25) is 0 Å². The third-order valence-corrected chi connectivity index (χ3v) is 3.77. The topological polar surface area (TPSA) is 44.8 Å². The number of amides is 2. The summed E-state index contributed by atoms with van der Waals surface area (Å²) in [5.74, 6) is 0.803. The Kier molecular flexibility index (Phi) is 5.06. The van der Waals surface area contributed by atoms with E-state index in [1.54, 1.807) is 7.11 Å². The Morgan fingerprint density at radius 2 is 1.86 bits per heavy atom. The summed E-state index contributed by atoms with van der Waals surface area (Å²) in [5.41, 5.74) is 0.760. The molecule has 0 bridgehead atoms. The molecular weight excluding hydrogens is 302 g/mol. The number of carbonyl (C=O) groups excluding carboxylic acids is 1. The first-order valence-corrected chi connectivity index (χ1v) is 7.83. The summed E-state index contributed by atoms with van der Waals surface area (Å²) >= 11 is 6.09. The molecule has 0 saturated carbocycles. The van der Waals surface area contributed by atoms with Gasteiger partial charge in [0.05, 0.1) is 12.8 Å². The molecule has 6 heteroatoms. The quantitative estimate of drug-likeness (QED) is 0.909. The van der Waals surface area contributed by atoms with Gasteiger partial charge in [-0.25, -0.2) is 4.79 Å². The number of nitrogens with zero attached hydrogens (tertiary/aromatic N) is 2. The summed E-state index contributed by atoms with van der Waals surface area (Å²) in [6, 6.07) is 5.59. The van der Waals surface area contributed by atoms with Crippen LogP contribution in [0.4, 0.5) is 10.5 Å². The molecule has 1 aromatic carbocycles. The van der Waals surface area contributed by atoms with Crippen molar-refractivity contribution in [3.8, 4) is 5.75 Å². The number of methoxy groups -OCH3 is 1. The highest BCUT2D eigenvalue weighted by Crippen LogP contribution is 2.31. The molecule has 0 atom stereocenters. The highest BCUT2D eigenvalue weighted by molar-refractivity contribution is 6.30. The van der Waals surface area contributed by atoms with E-state index in [4.69, 9.17) is 16.3 Å². The van der Waals surface area contributed by atoms with Crippen LogP contribution in [0.5, 0.6) is 5.75 Å². The fourth-order valence-corrected chi connectivity index (χ4v) is 2.63. The number of urea groups is 1. The third kappa shape index (κ3) is 4.19. The molecule has 0 spiro atoms. The number of hydrogen-bond donors (Lipinski definition) is 1. The molecule has 22 heavy (non-hydrogen) atoms. The molecule has 0 aliphatic carbocycles. The molecule has 5 nitrogen and oxygen atoms in total. The lowest BCUT2D eigenvalue weighted by Gasteiger charge is -2.37. The molecule has 1 saturated heterocycles. The van der Waals surface area contributed by atoms with Crippen molar-refractivity contribution in [2.24, 2.45) is 0 Å². The zero-order valence-corrected chi connectivity index (χ0v) is 14.4. The number of anilines is 1. The first kappa shape index (κ1) is 16.7. The van der Waals surface area contributed by atoms with Crippen molar-refractivity contribution in [3.05, 3.63) is 23.2 Å². The van der Waals surface area contributed by atoms with Gasteiger partial charge in [-0.15, -0.1) is 0 Å². The van der Waals surface area contributed by atoms with Crippen molar-refractivity contribution in [1.82, 2.24) is 10.2 Å². The highest BCUT2D eigenvalue weighted by atomic mass is 35.5. The Balaban J connectivity index is 2.00. The molecule has 2 rings (SSSR count). The predicted molar refractivity (Wildman–Crippen MR) is 90.1 cm³/mol. The van der Waals surface area contributed by atoms with Gasteiger partial charge < -0.3 is 19.9 Å². The van der Waals surface area contributed by atoms with Crippen LogP contribution in [0, 0.1) is 0 Å². The van der Waals surface area contributed by atoms with E-state index in [1.165, 1.54) is 0 Å². The molecule has 1 aliphatic rings. The Morgan fingerprint density at radius 3 is 2.41 bits per heavy atom. The van der Waals surface area contributed by atoms with Crippen LogP contribution in [-0.4, -0.2) is 49.8 Å². The molecule has 0 aromatic heterocycles. The van der Waals surface area contributed by atoms with Gasteiger partial charge in [0, 0.05) is 36.7 Å². The second kappa shape index (κ2) is 6.65. The smallest absolute Gasteiger partial charge is 0.317 e. The Bertz CT molecular complexity index is 535. The summed E-state index contributed by atoms with van der Waals surface area (Å²) < 4.78 is 5.40. The van der Waals surface area contributed by atoms with Gasteiger partial charge in [0.15, 0.2) is 0 Å². The van der Waals surface area contributed by atoms with Crippen LogP contribution in [0.1, 0.15) is 20.8 Å². The Morgan fingerprint density at radius 1 is 1.23 bits per heavy atom. The lowest BCUT2D eigenvalue weighted by molar-refractivity contribution is 0.185. The first-order chi connectivity index (χ1) is 10.3. The molecule has 1 aromatic rings. The number of hydrogen-bond acceptors (Lipinski definition) is 3. The zero-order chi connectivity index (χ0) is 16.3. The predicted octanol–water partition coefficient (Wildman–Crippen LogP) is 2.98. The molecule has 1 N–H and O–H groups in total. The third-order valence-electron chi connectivity index (χ3n) is 3.53. The van der Waals surface area contributed by atoms with Crippen LogP contribution in [-0.2, 0) is 0 Å². The lowest BCUT2D eigenvalue weighted by atomic mass is 10.1. The van der Waals surface area contributed by atoms with Crippen molar-refractivity contribution in [3.63, 3.8) is 0 Å². The minimum absolute atomic E-state index is 0.00907. The molecule has 2 amide bonds. The van der Waals surface area contributed by atoms with Crippen LogP contribution >= 0.6 is 11.6 Å². The van der Waals surface area contributed by atoms with E-state index in [2.05, 4.69) is 10.2 Å². The maximum Gasteiger partial charge on any atom is 0.317 e. The summed E-state index contributed by atoms with van der Waals surface area (Å²) in [4.78, 5) is 16.2. The molecule has 1 aliphatic heterocycles. The summed E-state index contributed by atoms with van der Waals surface area (Å²) in [6.07, 6.45) is 0. The van der Waals surface area contributed by atoms with Crippen molar-refractivity contribution < 1.29 is 9.53 Å². The van der Waals surface area contributed by atoms with E-state index in [0.717, 1.165) is 24.5 Å². The second-order valence-corrected chi connectivity index (χ2v) is 6.91. The largest absolute Gasteiger partial charge is 0.495 e. The Hall–Kier alpha value is -1.62. The molecule has 1 heterocycles. The van der Waals surface area contributed by atoms with Gasteiger partial charge in [0.2, 0.25) is 0 Å². The van der Waals surface area contributed by atoms with Crippen molar-refractivity contribution in [2.75, 3.05) is 38.2 Å². The number of piperazine rings is 1. The average molecular weight is 326 g/mol. The van der Waals surface area contributed by atoms with Gasteiger partial charge in [-0.2, -0.15) is 0 Å². The van der Waals surface area contributed by atoms with E-state index in [9.17, 15) is 4.79 Å². The second-order valence-electron chi connectivity index (χ2n) is 6.47. The monoisotopic (exact) mass is 325 g/mol. The maximum absolute atomic E-state index is 12.2. The van der Waals surface area contributed by atoms with E-state index >= 15 is 0 Å². The number of rotatable bonds is 2. The summed E-state index contributed by atoms with van der Waals surface area (Å²) in [5, 5.41) is 3.68. The van der Waals surface area contributed by atoms with E-state index in [0.29, 0.717) is 18.1 Å². The number of halogens is 1. The van der Waals surface area contributed by atoms with Gasteiger partial charge >= 0.3 is 6.03 Å². The van der Waals surface area contributed by atoms with E-state index in [1.807, 2.05) is 43.9 Å². The van der Waals surface area contributed by atoms with Gasteiger partial charge in [-0.1, -0.05) is 11.6 Å². The highest BCUT2D eigenvalue weighted by Gasteiger charge is 2.25. The van der Waals surface area contributed by atoms with Crippen LogP contribution in [0.2, 0.25) is 5.02 Å². The van der Waals surface area contributed by atoms with Crippen LogP contribution in [0.15, 0.2) is 18.2 Å². The molecule has 0 unspecified atom stereocenters. The number of nitrogens with one attached hydrogen (secondary N) is 1. The molecular formula is C16H24ClN3O2. The average Bonchev–Trinajstić information content (AvgIpc) is 2.45. The normalized spacial score (nSPS) is 15.7. The number of ether oxygens (including phenoxy) is 1. The summed E-state index contributed by atoms with van der Waals surface area (Å²) in [6.45, 7) is 8.83. The van der Waals surface area contributed by atoms with Crippen LogP contribution < -0.4 is 15.0 Å². The zero-order valence-electron chi connectivity index (χ0n) is 13.6. The van der Waals surface area contributed by atoms with Crippen LogP contribution in [0.25, 0.3) is 0 Å². The van der Waals surface area contributed by atoms with Gasteiger partial charge in [-0.05, 0) is 39.0 Å². The SMILES string of the molecule is COc1ccc(Cl)cc1N1CCN(C(=O)NC(C)(C)C)CC1. The Labute approximate surface area is 137 Å². The minimum Gasteiger partial charge on any atom is -0.495 e. The molecule has 0 radical (unpaired) electrons. The molecule has 122 valence electrons. The van der Waals surface area contributed by atoms with Gasteiger partial charge in [0.25, 0.3) is 0 Å². The van der Waals surface area contributed by atoms with Gasteiger partial charge in [0.1, 0.15) is 5.75 Å². The molecule has 1 fully saturated rings. The van der Waals surface area contributed by atoms with Crippen molar-refractivity contribution in [1.29, 1.82) is 0 Å². The lowest BCUT2D eigenvalue weighted by Crippen LogP contribution is -2.55. The van der Waals surface area contributed by atoms with Crippen molar-refractivity contribution >= 4 is 23.3 Å². The first-order valence-electron chi connectivity index (χ1n) is 7.46. The van der Waals surface area contributed by atoms with E-state index in [-0.39, 0.29) is 11.6 Å². The fourth-order valence-electron chi connectivity index (χ4n) is 2.46. The minimum atomic E-state index is -0.218. The van der Waals surface area contributed by atoms with E-state index < -0.39 is 0 Å². The standard InChI is InChI=1S/C16H24ClN3O2/c1-16(2,3)18-15(21)20-9-7-19(8-10-20)13-11-12(17)5-6-14(13)22-4/h5-6,11H,7-10H2,1-4H3,(H,18,21). The van der Waals surface area contributed by atoms with Crippen molar-refractivity contribution in [2.45, 2.75) is 26.3 Å². The number of benzene rings is 1.